The first-order valence-electron chi connectivity index (χ1n) is 5.57. The molecule has 1 N–H and O–H groups in total. The zero-order chi connectivity index (χ0) is 11.4. The van der Waals surface area contributed by atoms with Crippen LogP contribution in [0.3, 0.4) is 0 Å². The third kappa shape index (κ3) is 2.78. The summed E-state index contributed by atoms with van der Waals surface area (Å²) in [6, 6.07) is -0.681. The SMILES string of the molecule is CCC(C(=O)O)N1CCCCC1C(C)=O. The summed E-state index contributed by atoms with van der Waals surface area (Å²) in [7, 11) is 0. The van der Waals surface area contributed by atoms with Crippen molar-refractivity contribution in [2.45, 2.75) is 51.6 Å². The maximum absolute atomic E-state index is 11.4. The molecule has 4 nitrogen and oxygen atoms in total. The summed E-state index contributed by atoms with van der Waals surface area (Å²) in [5.74, 6) is -0.722. The van der Waals surface area contributed by atoms with Gasteiger partial charge in [0, 0.05) is 0 Å². The lowest BCUT2D eigenvalue weighted by Crippen LogP contribution is -2.52. The molecule has 0 bridgehead atoms. The van der Waals surface area contributed by atoms with Crippen molar-refractivity contribution >= 4 is 11.8 Å². The van der Waals surface area contributed by atoms with Crippen LogP contribution in [0.25, 0.3) is 0 Å². The average Bonchev–Trinajstić information content (AvgIpc) is 2.18. The minimum atomic E-state index is -0.814. The first-order chi connectivity index (χ1) is 7.07. The first-order valence-corrected chi connectivity index (χ1v) is 5.57. The van der Waals surface area contributed by atoms with Gasteiger partial charge >= 0.3 is 5.97 Å². The highest BCUT2D eigenvalue weighted by molar-refractivity contribution is 5.83. The van der Waals surface area contributed by atoms with Crippen molar-refractivity contribution in [1.82, 2.24) is 4.90 Å². The molecule has 1 saturated heterocycles. The van der Waals surface area contributed by atoms with E-state index in [1.165, 1.54) is 0 Å². The molecular weight excluding hydrogens is 194 g/mol. The second-order valence-electron chi connectivity index (χ2n) is 4.12. The van der Waals surface area contributed by atoms with Crippen LogP contribution in [0.15, 0.2) is 0 Å². The largest absolute Gasteiger partial charge is 0.480 e. The van der Waals surface area contributed by atoms with Gasteiger partial charge in [-0.3, -0.25) is 14.5 Å². The van der Waals surface area contributed by atoms with E-state index in [0.29, 0.717) is 6.42 Å². The van der Waals surface area contributed by atoms with E-state index in [-0.39, 0.29) is 11.8 Å². The number of ketones is 1. The fourth-order valence-corrected chi connectivity index (χ4v) is 2.31. The molecule has 1 rings (SSSR count). The first kappa shape index (κ1) is 12.2. The lowest BCUT2D eigenvalue weighted by atomic mass is 9.96. The third-order valence-electron chi connectivity index (χ3n) is 3.09. The standard InChI is InChI=1S/C11H19NO3/c1-3-9(11(14)15)12-7-5-4-6-10(12)8(2)13/h9-10H,3-7H2,1-2H3,(H,14,15). The lowest BCUT2D eigenvalue weighted by molar-refractivity contribution is -0.146. The predicted molar refractivity (Wildman–Crippen MR) is 56.7 cm³/mol. The number of aliphatic carboxylic acids is 1. The molecule has 0 saturated carbocycles. The monoisotopic (exact) mass is 213 g/mol. The van der Waals surface area contributed by atoms with Gasteiger partial charge in [-0.15, -0.1) is 0 Å². The lowest BCUT2D eigenvalue weighted by Gasteiger charge is -2.37. The number of carboxylic acids is 1. The summed E-state index contributed by atoms with van der Waals surface area (Å²) in [4.78, 5) is 24.3. The molecule has 0 aromatic carbocycles. The number of Topliss-reactive ketones (excluding diaryl/α,β-unsaturated/α-hetero) is 1. The van der Waals surface area contributed by atoms with Gasteiger partial charge < -0.3 is 5.11 Å². The van der Waals surface area contributed by atoms with Crippen LogP contribution in [0.4, 0.5) is 0 Å². The van der Waals surface area contributed by atoms with Crippen LogP contribution >= 0.6 is 0 Å². The molecule has 4 heteroatoms. The Labute approximate surface area is 90.3 Å². The van der Waals surface area contributed by atoms with Gasteiger partial charge in [0.05, 0.1) is 6.04 Å². The fraction of sp³-hybridized carbons (Fsp3) is 0.818. The van der Waals surface area contributed by atoms with Gasteiger partial charge in [0.2, 0.25) is 0 Å². The number of hydrogen-bond acceptors (Lipinski definition) is 3. The van der Waals surface area contributed by atoms with Crippen LogP contribution in [0.1, 0.15) is 39.5 Å². The summed E-state index contributed by atoms with van der Waals surface area (Å²) < 4.78 is 0. The maximum atomic E-state index is 11.4. The van der Waals surface area contributed by atoms with E-state index in [4.69, 9.17) is 5.11 Å². The smallest absolute Gasteiger partial charge is 0.320 e. The Hall–Kier alpha value is -0.900. The third-order valence-corrected chi connectivity index (χ3v) is 3.09. The number of nitrogens with zero attached hydrogens (tertiary/aromatic N) is 1. The summed E-state index contributed by atoms with van der Waals surface area (Å²) >= 11 is 0. The second-order valence-corrected chi connectivity index (χ2v) is 4.12. The molecule has 2 atom stereocenters. The Morgan fingerprint density at radius 1 is 1.47 bits per heavy atom. The van der Waals surface area contributed by atoms with E-state index < -0.39 is 12.0 Å². The highest BCUT2D eigenvalue weighted by Gasteiger charge is 2.34. The second kappa shape index (κ2) is 5.26. The van der Waals surface area contributed by atoms with Crippen LogP contribution in [-0.2, 0) is 9.59 Å². The molecule has 0 radical (unpaired) electrons. The normalized spacial score (nSPS) is 24.8. The number of carbonyl (C=O) groups excluding carboxylic acids is 1. The van der Waals surface area contributed by atoms with Gasteiger partial charge in [0.15, 0.2) is 0 Å². The molecule has 0 aliphatic carbocycles. The number of carbonyl (C=O) groups is 2. The van der Waals surface area contributed by atoms with Crippen molar-refractivity contribution < 1.29 is 14.7 Å². The number of rotatable bonds is 4. The highest BCUT2D eigenvalue weighted by atomic mass is 16.4. The average molecular weight is 213 g/mol. The maximum Gasteiger partial charge on any atom is 0.320 e. The molecule has 1 aliphatic heterocycles. The highest BCUT2D eigenvalue weighted by Crippen LogP contribution is 2.21. The van der Waals surface area contributed by atoms with Crippen molar-refractivity contribution in [3.63, 3.8) is 0 Å². The van der Waals surface area contributed by atoms with E-state index in [0.717, 1.165) is 25.8 Å². The molecule has 0 aromatic rings. The summed E-state index contributed by atoms with van der Waals surface area (Å²) in [5.41, 5.74) is 0. The van der Waals surface area contributed by atoms with Crippen LogP contribution in [0.5, 0.6) is 0 Å². The minimum absolute atomic E-state index is 0.0920. The van der Waals surface area contributed by atoms with Gasteiger partial charge in [-0.25, -0.2) is 0 Å². The molecule has 86 valence electrons. The van der Waals surface area contributed by atoms with Crippen LogP contribution in [-0.4, -0.2) is 40.4 Å². The minimum Gasteiger partial charge on any atom is -0.480 e. The van der Waals surface area contributed by atoms with E-state index in [1.54, 1.807) is 6.92 Å². The van der Waals surface area contributed by atoms with Gasteiger partial charge in [-0.05, 0) is 32.7 Å². The molecule has 0 aromatic heterocycles. The Balaban J connectivity index is 2.78. The number of likely N-dealkylation sites (tertiary alicyclic amines) is 1. The molecule has 1 fully saturated rings. The van der Waals surface area contributed by atoms with E-state index >= 15 is 0 Å². The van der Waals surface area contributed by atoms with Crippen molar-refractivity contribution in [1.29, 1.82) is 0 Å². The molecular formula is C11H19NO3. The van der Waals surface area contributed by atoms with Crippen LogP contribution in [0, 0.1) is 0 Å². The summed E-state index contributed by atoms with van der Waals surface area (Å²) in [5, 5.41) is 9.07. The number of hydrogen-bond donors (Lipinski definition) is 1. The Bertz CT molecular complexity index is 236. The fourth-order valence-electron chi connectivity index (χ4n) is 2.31. The van der Waals surface area contributed by atoms with Crippen LogP contribution in [0.2, 0.25) is 0 Å². The van der Waals surface area contributed by atoms with Crippen molar-refractivity contribution in [2.75, 3.05) is 6.54 Å². The Kier molecular flexibility index (Phi) is 4.27. The van der Waals surface area contributed by atoms with E-state index in [2.05, 4.69) is 0 Å². The summed E-state index contributed by atoms with van der Waals surface area (Å²) in [6.07, 6.45) is 3.38. The van der Waals surface area contributed by atoms with E-state index in [9.17, 15) is 9.59 Å². The molecule has 0 amide bonds. The number of piperidine rings is 1. The summed E-state index contributed by atoms with van der Waals surface area (Å²) in [6.45, 7) is 4.14. The van der Waals surface area contributed by atoms with Gasteiger partial charge in [0.1, 0.15) is 11.8 Å². The predicted octanol–water partition coefficient (Wildman–Crippen LogP) is 1.29. The van der Waals surface area contributed by atoms with Crippen molar-refractivity contribution in [3.8, 4) is 0 Å². The van der Waals surface area contributed by atoms with Crippen molar-refractivity contribution in [2.24, 2.45) is 0 Å². The van der Waals surface area contributed by atoms with E-state index in [1.807, 2.05) is 11.8 Å². The molecule has 1 aliphatic rings. The Morgan fingerprint density at radius 3 is 2.60 bits per heavy atom. The molecule has 15 heavy (non-hydrogen) atoms. The number of carboxylic acid groups (broad SMARTS) is 1. The zero-order valence-corrected chi connectivity index (χ0v) is 9.40. The van der Waals surface area contributed by atoms with Crippen LogP contribution < -0.4 is 0 Å². The van der Waals surface area contributed by atoms with Gasteiger partial charge in [-0.2, -0.15) is 0 Å². The quantitative estimate of drug-likeness (QED) is 0.764. The zero-order valence-electron chi connectivity index (χ0n) is 9.40. The molecule has 2 unspecified atom stereocenters. The van der Waals surface area contributed by atoms with Crippen molar-refractivity contribution in [3.05, 3.63) is 0 Å². The molecule has 0 spiro atoms. The van der Waals surface area contributed by atoms with Gasteiger partial charge in [0.25, 0.3) is 0 Å². The Morgan fingerprint density at radius 2 is 2.13 bits per heavy atom. The topological polar surface area (TPSA) is 57.6 Å². The molecule has 1 heterocycles. The van der Waals surface area contributed by atoms with Gasteiger partial charge in [-0.1, -0.05) is 13.3 Å².